The van der Waals surface area contributed by atoms with Crippen molar-refractivity contribution in [3.63, 3.8) is 0 Å². The number of benzene rings is 2. The van der Waals surface area contributed by atoms with Gasteiger partial charge in [0, 0.05) is 6.54 Å². The number of aryl methyl sites for hydroxylation is 1. The average molecular weight is 324 g/mol. The minimum absolute atomic E-state index is 0.0354. The molecule has 2 atom stereocenters. The molecule has 4 nitrogen and oxygen atoms in total. The Morgan fingerprint density at radius 1 is 1.17 bits per heavy atom. The number of carbonyl (C=O) groups excluding carboxylic acids is 1. The first kappa shape index (κ1) is 16.5. The van der Waals surface area contributed by atoms with Crippen molar-refractivity contribution in [1.29, 1.82) is 0 Å². The average Bonchev–Trinajstić information content (AvgIpc) is 2.62. The van der Waals surface area contributed by atoms with E-state index >= 15 is 0 Å². The van der Waals surface area contributed by atoms with Gasteiger partial charge in [0.1, 0.15) is 6.10 Å². The molecule has 1 fully saturated rings. The molecule has 1 N–H and O–H groups in total. The Balaban J connectivity index is 1.62. The van der Waals surface area contributed by atoms with Crippen molar-refractivity contribution in [3.05, 3.63) is 71.3 Å². The molecule has 0 radical (unpaired) electrons. The highest BCUT2D eigenvalue weighted by atomic mass is 16.5. The summed E-state index contributed by atoms with van der Waals surface area (Å²) in [5.41, 5.74) is 3.44. The van der Waals surface area contributed by atoms with E-state index in [0.717, 1.165) is 11.1 Å². The van der Waals surface area contributed by atoms with Gasteiger partial charge in [-0.3, -0.25) is 0 Å². The van der Waals surface area contributed by atoms with Crippen LogP contribution >= 0.6 is 0 Å². The van der Waals surface area contributed by atoms with Crippen LogP contribution in [0.4, 0.5) is 4.79 Å². The summed E-state index contributed by atoms with van der Waals surface area (Å²) in [5.74, 6) is 0. The van der Waals surface area contributed by atoms with Crippen molar-refractivity contribution in [2.24, 2.45) is 0 Å². The van der Waals surface area contributed by atoms with E-state index in [1.165, 1.54) is 5.56 Å². The van der Waals surface area contributed by atoms with E-state index in [-0.39, 0.29) is 18.2 Å². The van der Waals surface area contributed by atoms with Crippen LogP contribution in [0.25, 0.3) is 0 Å². The van der Waals surface area contributed by atoms with Gasteiger partial charge in [-0.2, -0.15) is 0 Å². The van der Waals surface area contributed by atoms with Crippen LogP contribution in [0.2, 0.25) is 0 Å². The van der Waals surface area contributed by atoms with Gasteiger partial charge in [-0.25, -0.2) is 4.79 Å². The quantitative estimate of drug-likeness (QED) is 0.936. The fourth-order valence-corrected chi connectivity index (χ4v) is 2.90. The Kier molecular flexibility index (Phi) is 5.16. The molecule has 0 bridgehead atoms. The monoisotopic (exact) mass is 324 g/mol. The summed E-state index contributed by atoms with van der Waals surface area (Å²) in [7, 11) is 0. The van der Waals surface area contributed by atoms with E-state index in [0.29, 0.717) is 19.7 Å². The maximum atomic E-state index is 12.6. The molecule has 0 saturated carbocycles. The van der Waals surface area contributed by atoms with E-state index < -0.39 is 0 Å². The number of nitrogens with zero attached hydrogens (tertiary/aromatic N) is 1. The third kappa shape index (κ3) is 3.95. The number of ether oxygens (including phenoxy) is 1. The lowest BCUT2D eigenvalue weighted by Gasteiger charge is -2.38. The third-order valence-electron chi connectivity index (χ3n) is 4.43. The zero-order valence-corrected chi connectivity index (χ0v) is 14.2. The van der Waals surface area contributed by atoms with Crippen LogP contribution < -0.4 is 5.32 Å². The molecule has 4 heteroatoms. The van der Waals surface area contributed by atoms with Crippen LogP contribution in [0.15, 0.2) is 54.6 Å². The Bertz CT molecular complexity index is 670. The summed E-state index contributed by atoms with van der Waals surface area (Å²) in [6.07, 6.45) is -0.0655. The van der Waals surface area contributed by atoms with Gasteiger partial charge in [-0.05, 0) is 25.0 Å². The van der Waals surface area contributed by atoms with Gasteiger partial charge < -0.3 is 15.0 Å². The second-order valence-corrected chi connectivity index (χ2v) is 6.38. The highest BCUT2D eigenvalue weighted by Crippen LogP contribution is 2.25. The minimum atomic E-state index is -0.0655. The lowest BCUT2D eigenvalue weighted by molar-refractivity contribution is -0.0428. The van der Waals surface area contributed by atoms with Gasteiger partial charge in [0.25, 0.3) is 0 Å². The van der Waals surface area contributed by atoms with E-state index in [1.54, 1.807) is 0 Å². The van der Waals surface area contributed by atoms with Crippen molar-refractivity contribution in [2.45, 2.75) is 32.5 Å². The molecule has 1 heterocycles. The van der Waals surface area contributed by atoms with E-state index in [2.05, 4.69) is 36.5 Å². The molecule has 2 aromatic carbocycles. The van der Waals surface area contributed by atoms with Gasteiger partial charge in [-0.1, -0.05) is 60.2 Å². The molecule has 24 heavy (non-hydrogen) atoms. The first-order chi connectivity index (χ1) is 11.6. The molecule has 126 valence electrons. The molecular formula is C20H24N2O2. The molecular weight excluding hydrogens is 300 g/mol. The molecule has 1 saturated heterocycles. The summed E-state index contributed by atoms with van der Waals surface area (Å²) in [6, 6.07) is 18.3. The lowest BCUT2D eigenvalue weighted by Crippen LogP contribution is -2.51. The highest BCUT2D eigenvalue weighted by molar-refractivity contribution is 5.74. The molecule has 1 aliphatic heterocycles. The fraction of sp³-hybridized carbons (Fsp3) is 0.350. The number of morpholine rings is 1. The van der Waals surface area contributed by atoms with Crippen LogP contribution in [0.1, 0.15) is 29.7 Å². The summed E-state index contributed by atoms with van der Waals surface area (Å²) in [4.78, 5) is 14.4. The second kappa shape index (κ2) is 7.49. The standard InChI is InChI=1S/C20H24N2O2/c1-15-8-10-18(11-9-15)19-13-22(16(2)14-24-19)20(23)21-12-17-6-4-3-5-7-17/h3-11,16,19H,12-14H2,1-2H3,(H,21,23). The van der Waals surface area contributed by atoms with Crippen LogP contribution in [0.3, 0.4) is 0 Å². The zero-order valence-electron chi connectivity index (χ0n) is 14.2. The molecule has 1 aliphatic rings. The van der Waals surface area contributed by atoms with Crippen LogP contribution in [-0.4, -0.2) is 30.1 Å². The van der Waals surface area contributed by atoms with E-state index in [4.69, 9.17) is 4.74 Å². The molecule has 2 amide bonds. The number of amides is 2. The first-order valence-electron chi connectivity index (χ1n) is 8.40. The third-order valence-corrected chi connectivity index (χ3v) is 4.43. The maximum absolute atomic E-state index is 12.6. The van der Waals surface area contributed by atoms with Gasteiger partial charge in [0.2, 0.25) is 0 Å². The van der Waals surface area contributed by atoms with Gasteiger partial charge in [0.05, 0.1) is 19.2 Å². The molecule has 0 aromatic heterocycles. The zero-order chi connectivity index (χ0) is 16.9. The molecule has 2 unspecified atom stereocenters. The first-order valence-corrected chi connectivity index (χ1v) is 8.40. The van der Waals surface area contributed by atoms with Crippen molar-refractivity contribution >= 4 is 6.03 Å². The largest absolute Gasteiger partial charge is 0.370 e. The molecule has 2 aromatic rings. The number of urea groups is 1. The molecule has 0 spiro atoms. The van der Waals surface area contributed by atoms with Crippen molar-refractivity contribution in [3.8, 4) is 0 Å². The summed E-state index contributed by atoms with van der Waals surface area (Å²) >= 11 is 0. The number of nitrogens with one attached hydrogen (secondary N) is 1. The number of carbonyl (C=O) groups is 1. The SMILES string of the molecule is Cc1ccc(C2CN(C(=O)NCc3ccccc3)C(C)CO2)cc1. The van der Waals surface area contributed by atoms with Crippen molar-refractivity contribution in [2.75, 3.05) is 13.2 Å². The summed E-state index contributed by atoms with van der Waals surface area (Å²) in [5, 5.41) is 3.01. The normalized spacial score (nSPS) is 20.7. The Morgan fingerprint density at radius 2 is 1.88 bits per heavy atom. The van der Waals surface area contributed by atoms with Crippen LogP contribution in [0, 0.1) is 6.92 Å². The summed E-state index contributed by atoms with van der Waals surface area (Å²) in [6.45, 7) is 5.76. The van der Waals surface area contributed by atoms with E-state index in [9.17, 15) is 4.79 Å². The minimum Gasteiger partial charge on any atom is -0.370 e. The number of hydrogen-bond donors (Lipinski definition) is 1. The lowest BCUT2D eigenvalue weighted by atomic mass is 10.0. The van der Waals surface area contributed by atoms with Crippen LogP contribution in [0.5, 0.6) is 0 Å². The predicted molar refractivity (Wildman–Crippen MR) is 94.7 cm³/mol. The van der Waals surface area contributed by atoms with Gasteiger partial charge in [0.15, 0.2) is 0 Å². The maximum Gasteiger partial charge on any atom is 0.318 e. The second-order valence-electron chi connectivity index (χ2n) is 6.38. The number of rotatable bonds is 3. The Hall–Kier alpha value is -2.33. The highest BCUT2D eigenvalue weighted by Gasteiger charge is 2.30. The fourth-order valence-electron chi connectivity index (χ4n) is 2.90. The molecule has 0 aliphatic carbocycles. The topological polar surface area (TPSA) is 41.6 Å². The van der Waals surface area contributed by atoms with Crippen molar-refractivity contribution < 1.29 is 9.53 Å². The van der Waals surface area contributed by atoms with Crippen LogP contribution in [-0.2, 0) is 11.3 Å². The predicted octanol–water partition coefficient (Wildman–Crippen LogP) is 3.67. The van der Waals surface area contributed by atoms with Gasteiger partial charge in [-0.15, -0.1) is 0 Å². The smallest absolute Gasteiger partial charge is 0.318 e. The molecule has 3 rings (SSSR count). The van der Waals surface area contributed by atoms with Gasteiger partial charge >= 0.3 is 6.03 Å². The summed E-state index contributed by atoms with van der Waals surface area (Å²) < 4.78 is 5.94. The number of hydrogen-bond acceptors (Lipinski definition) is 2. The van der Waals surface area contributed by atoms with E-state index in [1.807, 2.05) is 42.2 Å². The Labute approximate surface area is 143 Å². The Morgan fingerprint density at radius 3 is 2.58 bits per heavy atom. The van der Waals surface area contributed by atoms with Crippen molar-refractivity contribution in [1.82, 2.24) is 10.2 Å².